The smallest absolute Gasteiger partial charge is 0.270 e. The van der Waals surface area contributed by atoms with Crippen LogP contribution in [-0.2, 0) is 6.54 Å². The fourth-order valence-electron chi connectivity index (χ4n) is 1.24. The van der Waals surface area contributed by atoms with Gasteiger partial charge in [-0.3, -0.25) is 13.9 Å². The number of nitrogens with zero attached hydrogens (tertiary/aromatic N) is 2. The highest BCUT2D eigenvalue weighted by atomic mass is 16.2. The summed E-state index contributed by atoms with van der Waals surface area (Å²) in [5.41, 5.74) is -0.241. The first-order valence-electron chi connectivity index (χ1n) is 5.27. The van der Waals surface area contributed by atoms with E-state index in [0.717, 1.165) is 4.57 Å². The summed E-state index contributed by atoms with van der Waals surface area (Å²) in [4.78, 5) is 23.0. The van der Waals surface area contributed by atoms with E-state index in [1.807, 2.05) is 13.8 Å². The molecule has 4 heteroatoms. The molecule has 0 aliphatic heterocycles. The van der Waals surface area contributed by atoms with Gasteiger partial charge in [0.2, 0.25) is 0 Å². The van der Waals surface area contributed by atoms with Gasteiger partial charge in [0.1, 0.15) is 0 Å². The molecule has 0 radical (unpaired) electrons. The SMILES string of the molecule is C=Cc1cc(=O)n(CC)c(=O)n1C=C.CC. The Labute approximate surface area is 95.2 Å². The average Bonchev–Trinajstić information content (AvgIpc) is 2.31. The predicted molar refractivity (Wildman–Crippen MR) is 68.5 cm³/mol. The molecule has 1 heterocycles. The molecule has 0 atom stereocenters. The van der Waals surface area contributed by atoms with E-state index in [1.54, 1.807) is 6.92 Å². The molecule has 0 amide bonds. The van der Waals surface area contributed by atoms with Crippen LogP contribution in [0.4, 0.5) is 0 Å². The van der Waals surface area contributed by atoms with Crippen LogP contribution in [-0.4, -0.2) is 9.13 Å². The van der Waals surface area contributed by atoms with Crippen LogP contribution in [0.15, 0.2) is 28.8 Å². The zero-order chi connectivity index (χ0) is 12.7. The van der Waals surface area contributed by atoms with Crippen molar-refractivity contribution in [1.82, 2.24) is 9.13 Å². The Bertz CT molecular complexity index is 481. The van der Waals surface area contributed by atoms with Crippen LogP contribution >= 0.6 is 0 Å². The van der Waals surface area contributed by atoms with Gasteiger partial charge >= 0.3 is 5.69 Å². The maximum atomic E-state index is 11.6. The minimum absolute atomic E-state index is 0.314. The van der Waals surface area contributed by atoms with Crippen molar-refractivity contribution < 1.29 is 0 Å². The Morgan fingerprint density at radius 2 is 1.88 bits per heavy atom. The molecule has 0 fully saturated rings. The van der Waals surface area contributed by atoms with Crippen LogP contribution < -0.4 is 11.2 Å². The first-order valence-corrected chi connectivity index (χ1v) is 5.27. The van der Waals surface area contributed by atoms with Crippen molar-refractivity contribution in [3.8, 4) is 0 Å². The van der Waals surface area contributed by atoms with Gasteiger partial charge in [0.25, 0.3) is 5.56 Å². The third kappa shape index (κ3) is 2.59. The summed E-state index contributed by atoms with van der Waals surface area (Å²) in [5.74, 6) is 0. The molecule has 16 heavy (non-hydrogen) atoms. The number of hydrogen-bond donors (Lipinski definition) is 0. The molecule has 1 aromatic heterocycles. The largest absolute Gasteiger partial charge is 0.335 e. The summed E-state index contributed by atoms with van der Waals surface area (Å²) in [5, 5.41) is 0. The van der Waals surface area contributed by atoms with Gasteiger partial charge in [-0.15, -0.1) is 0 Å². The molecular weight excluding hydrogens is 204 g/mol. The van der Waals surface area contributed by atoms with Crippen molar-refractivity contribution in [2.24, 2.45) is 0 Å². The zero-order valence-corrected chi connectivity index (χ0v) is 10.1. The fraction of sp³-hybridized carbons (Fsp3) is 0.333. The standard InChI is InChI=1S/C10H12N2O2.C2H6/c1-4-8-7-9(13)12(6-3)10(14)11(8)5-2;1-2/h4-5,7H,1-2,6H2,3H3;1-2H3. The number of aromatic nitrogens is 2. The van der Waals surface area contributed by atoms with E-state index in [2.05, 4.69) is 13.2 Å². The van der Waals surface area contributed by atoms with Gasteiger partial charge in [0, 0.05) is 18.8 Å². The first-order chi connectivity index (χ1) is 7.65. The van der Waals surface area contributed by atoms with Crippen LogP contribution in [0.5, 0.6) is 0 Å². The van der Waals surface area contributed by atoms with E-state index >= 15 is 0 Å². The lowest BCUT2D eigenvalue weighted by molar-refractivity contribution is 0.652. The Balaban J connectivity index is 0.00000106. The lowest BCUT2D eigenvalue weighted by atomic mass is 10.4. The van der Waals surface area contributed by atoms with Crippen LogP contribution in [0, 0.1) is 0 Å². The maximum Gasteiger partial charge on any atom is 0.335 e. The third-order valence-electron chi connectivity index (χ3n) is 1.96. The van der Waals surface area contributed by atoms with Crippen molar-refractivity contribution in [3.05, 3.63) is 45.8 Å². The lowest BCUT2D eigenvalue weighted by Gasteiger charge is -2.07. The van der Waals surface area contributed by atoms with Crippen LogP contribution in [0.2, 0.25) is 0 Å². The molecule has 0 aliphatic rings. The molecule has 0 bridgehead atoms. The van der Waals surface area contributed by atoms with Crippen molar-refractivity contribution in [2.75, 3.05) is 0 Å². The highest BCUT2D eigenvalue weighted by Gasteiger charge is 2.04. The molecule has 1 rings (SSSR count). The summed E-state index contributed by atoms with van der Waals surface area (Å²) in [6.07, 6.45) is 2.81. The summed E-state index contributed by atoms with van der Waals surface area (Å²) in [6, 6.07) is 1.36. The van der Waals surface area contributed by atoms with Gasteiger partial charge in [-0.05, 0) is 13.0 Å². The zero-order valence-electron chi connectivity index (χ0n) is 10.1. The van der Waals surface area contributed by atoms with Crippen LogP contribution in [0.1, 0.15) is 26.5 Å². The molecule has 4 nitrogen and oxygen atoms in total. The monoisotopic (exact) mass is 222 g/mol. The summed E-state index contributed by atoms with van der Waals surface area (Å²) in [6.45, 7) is 13.1. The van der Waals surface area contributed by atoms with E-state index in [-0.39, 0.29) is 11.2 Å². The molecule has 0 saturated heterocycles. The number of hydrogen-bond acceptors (Lipinski definition) is 2. The second-order valence-corrected chi connectivity index (χ2v) is 2.69. The summed E-state index contributed by atoms with van der Waals surface area (Å²) >= 11 is 0. The Morgan fingerprint density at radius 1 is 1.31 bits per heavy atom. The van der Waals surface area contributed by atoms with Crippen molar-refractivity contribution in [1.29, 1.82) is 0 Å². The maximum absolute atomic E-state index is 11.6. The average molecular weight is 222 g/mol. The highest BCUT2D eigenvalue weighted by molar-refractivity contribution is 5.45. The minimum atomic E-state index is -0.384. The normalized spacial score (nSPS) is 8.94. The van der Waals surface area contributed by atoms with Gasteiger partial charge in [0.05, 0.1) is 5.69 Å². The molecule has 88 valence electrons. The summed E-state index contributed by atoms with van der Waals surface area (Å²) < 4.78 is 2.42. The second-order valence-electron chi connectivity index (χ2n) is 2.69. The van der Waals surface area contributed by atoms with Crippen molar-refractivity contribution in [2.45, 2.75) is 27.3 Å². The van der Waals surface area contributed by atoms with E-state index in [9.17, 15) is 9.59 Å². The minimum Gasteiger partial charge on any atom is -0.270 e. The molecule has 0 unspecified atom stereocenters. The Kier molecular flexibility index (Phi) is 5.85. The van der Waals surface area contributed by atoms with Crippen molar-refractivity contribution >= 4 is 12.3 Å². The summed E-state index contributed by atoms with van der Waals surface area (Å²) in [7, 11) is 0. The van der Waals surface area contributed by atoms with Gasteiger partial charge < -0.3 is 0 Å². The molecular formula is C12H18N2O2. The molecule has 0 spiro atoms. The molecule has 0 saturated carbocycles. The van der Waals surface area contributed by atoms with Gasteiger partial charge in [-0.1, -0.05) is 27.0 Å². The molecule has 0 N–H and O–H groups in total. The lowest BCUT2D eigenvalue weighted by Crippen LogP contribution is -2.38. The Morgan fingerprint density at radius 3 is 2.25 bits per heavy atom. The van der Waals surface area contributed by atoms with Gasteiger partial charge in [-0.2, -0.15) is 0 Å². The van der Waals surface area contributed by atoms with E-state index in [1.165, 1.54) is 22.9 Å². The predicted octanol–water partition coefficient (Wildman–Crippen LogP) is 1.80. The van der Waals surface area contributed by atoms with Crippen LogP contribution in [0.25, 0.3) is 12.3 Å². The first kappa shape index (κ1) is 14.2. The number of rotatable bonds is 3. The molecule has 0 aromatic carbocycles. The topological polar surface area (TPSA) is 44.0 Å². The molecule has 0 aliphatic carbocycles. The fourth-order valence-corrected chi connectivity index (χ4v) is 1.24. The van der Waals surface area contributed by atoms with Gasteiger partial charge in [-0.25, -0.2) is 4.79 Å². The molecule has 1 aromatic rings. The highest BCUT2D eigenvalue weighted by Crippen LogP contribution is 1.94. The quantitative estimate of drug-likeness (QED) is 0.782. The van der Waals surface area contributed by atoms with Crippen molar-refractivity contribution in [3.63, 3.8) is 0 Å². The van der Waals surface area contributed by atoms with E-state index < -0.39 is 0 Å². The van der Waals surface area contributed by atoms with E-state index in [4.69, 9.17) is 0 Å². The third-order valence-corrected chi connectivity index (χ3v) is 1.96. The Hall–Kier alpha value is -1.84. The second kappa shape index (κ2) is 6.61. The van der Waals surface area contributed by atoms with Gasteiger partial charge in [0.15, 0.2) is 0 Å². The van der Waals surface area contributed by atoms with E-state index in [0.29, 0.717) is 12.2 Å². The van der Waals surface area contributed by atoms with Crippen LogP contribution in [0.3, 0.4) is 0 Å².